The average molecular weight is 305 g/mol. The number of pyridine rings is 1. The molecule has 3 heteroatoms. The average Bonchev–Trinajstić information content (AvgIpc) is 2.56. The quantitative estimate of drug-likeness (QED) is 0.648. The molecule has 0 atom stereocenters. The van der Waals surface area contributed by atoms with E-state index in [0.29, 0.717) is 10.6 Å². The summed E-state index contributed by atoms with van der Waals surface area (Å²) in [7, 11) is 0. The molecule has 3 rings (SSSR count). The number of benzene rings is 2. The van der Waals surface area contributed by atoms with Crippen molar-refractivity contribution in [2.24, 2.45) is 0 Å². The van der Waals surface area contributed by atoms with Gasteiger partial charge < -0.3 is 0 Å². The molecule has 0 aliphatic rings. The number of rotatable bonds is 2. The van der Waals surface area contributed by atoms with Crippen LogP contribution in [0, 0.1) is 18.3 Å². The van der Waals surface area contributed by atoms with Gasteiger partial charge in [-0.1, -0.05) is 53.6 Å². The van der Waals surface area contributed by atoms with E-state index in [1.165, 1.54) is 5.56 Å². The first kappa shape index (κ1) is 14.3. The molecule has 0 fully saturated rings. The Morgan fingerprint density at radius 2 is 1.59 bits per heavy atom. The Hall–Kier alpha value is -2.63. The number of halogens is 1. The van der Waals surface area contributed by atoms with Crippen molar-refractivity contribution in [1.29, 1.82) is 5.26 Å². The van der Waals surface area contributed by atoms with Crippen molar-refractivity contribution in [3.05, 3.63) is 76.9 Å². The second-order valence-electron chi connectivity index (χ2n) is 5.10. The third kappa shape index (κ3) is 2.86. The van der Waals surface area contributed by atoms with Crippen LogP contribution < -0.4 is 0 Å². The molecule has 22 heavy (non-hydrogen) atoms. The topological polar surface area (TPSA) is 36.7 Å². The normalized spacial score (nSPS) is 10.2. The molecule has 0 radical (unpaired) electrons. The summed E-state index contributed by atoms with van der Waals surface area (Å²) in [6.45, 7) is 2.06. The molecule has 2 aromatic carbocycles. The van der Waals surface area contributed by atoms with E-state index in [1.54, 1.807) is 18.3 Å². The molecule has 1 aromatic heterocycles. The van der Waals surface area contributed by atoms with Gasteiger partial charge in [-0.3, -0.25) is 4.98 Å². The lowest BCUT2D eigenvalue weighted by atomic mass is 9.98. The number of nitriles is 1. The lowest BCUT2D eigenvalue weighted by Gasteiger charge is -2.10. The summed E-state index contributed by atoms with van der Waals surface area (Å²) in [6.07, 6.45) is 1.66. The monoisotopic (exact) mass is 304 g/mol. The molecule has 0 N–H and O–H groups in total. The van der Waals surface area contributed by atoms with Gasteiger partial charge in [0.2, 0.25) is 0 Å². The van der Waals surface area contributed by atoms with Gasteiger partial charge in [0.05, 0.1) is 22.3 Å². The highest BCUT2D eigenvalue weighted by molar-refractivity contribution is 6.30. The highest BCUT2D eigenvalue weighted by Gasteiger charge is 2.10. The van der Waals surface area contributed by atoms with Crippen LogP contribution >= 0.6 is 11.6 Å². The largest absolute Gasteiger partial charge is 0.254 e. The summed E-state index contributed by atoms with van der Waals surface area (Å²) >= 11 is 6.12. The van der Waals surface area contributed by atoms with Crippen molar-refractivity contribution < 1.29 is 0 Å². The van der Waals surface area contributed by atoms with E-state index in [9.17, 15) is 0 Å². The number of hydrogen-bond acceptors (Lipinski definition) is 2. The van der Waals surface area contributed by atoms with E-state index in [2.05, 4.69) is 42.2 Å². The first-order valence-electron chi connectivity index (χ1n) is 6.90. The van der Waals surface area contributed by atoms with Crippen LogP contribution in [0.1, 0.15) is 11.1 Å². The minimum absolute atomic E-state index is 0.593. The molecular formula is C19H13ClN2. The molecular weight excluding hydrogens is 292 g/mol. The Kier molecular flexibility index (Phi) is 3.91. The maximum atomic E-state index is 8.92. The number of aromatic nitrogens is 1. The molecule has 3 aromatic rings. The van der Waals surface area contributed by atoms with Crippen LogP contribution in [0.3, 0.4) is 0 Å². The lowest BCUT2D eigenvalue weighted by Crippen LogP contribution is -1.90. The summed E-state index contributed by atoms with van der Waals surface area (Å²) < 4.78 is 0. The zero-order valence-electron chi connectivity index (χ0n) is 12.0. The van der Waals surface area contributed by atoms with Gasteiger partial charge in [-0.25, -0.2) is 0 Å². The first-order chi connectivity index (χ1) is 10.7. The maximum Gasteiger partial charge on any atom is 0.0991 e. The summed E-state index contributed by atoms with van der Waals surface area (Å²) in [5, 5.41) is 9.51. The van der Waals surface area contributed by atoms with Crippen LogP contribution in [0.2, 0.25) is 5.02 Å². The summed E-state index contributed by atoms with van der Waals surface area (Å²) in [5.41, 5.74) is 5.72. The van der Waals surface area contributed by atoms with Crippen LogP contribution in [0.5, 0.6) is 0 Å². The SMILES string of the molecule is Cc1ccc(-c2ncc(Cl)cc2-c2ccc(C#N)cc2)cc1. The van der Waals surface area contributed by atoms with Gasteiger partial charge in [-0.05, 0) is 30.7 Å². The van der Waals surface area contributed by atoms with Crippen molar-refractivity contribution in [2.75, 3.05) is 0 Å². The second-order valence-corrected chi connectivity index (χ2v) is 5.54. The fraction of sp³-hybridized carbons (Fsp3) is 0.0526. The van der Waals surface area contributed by atoms with Gasteiger partial charge in [-0.15, -0.1) is 0 Å². The molecule has 0 aliphatic heterocycles. The van der Waals surface area contributed by atoms with Crippen LogP contribution in [0.25, 0.3) is 22.4 Å². The molecule has 0 unspecified atom stereocenters. The van der Waals surface area contributed by atoms with Gasteiger partial charge in [-0.2, -0.15) is 5.26 Å². The van der Waals surface area contributed by atoms with E-state index in [0.717, 1.165) is 22.4 Å². The van der Waals surface area contributed by atoms with Gasteiger partial charge in [0.1, 0.15) is 0 Å². The fourth-order valence-corrected chi connectivity index (χ4v) is 2.48. The Balaban J connectivity index is 2.15. The zero-order chi connectivity index (χ0) is 15.5. The zero-order valence-corrected chi connectivity index (χ0v) is 12.8. The Morgan fingerprint density at radius 1 is 0.955 bits per heavy atom. The standard InChI is InChI=1S/C19H13ClN2/c1-13-2-6-16(7-3-13)19-18(10-17(20)12-22-19)15-8-4-14(11-21)5-9-15/h2-10,12H,1H3. The summed E-state index contributed by atoms with van der Waals surface area (Å²) in [5.74, 6) is 0. The second kappa shape index (κ2) is 6.01. The van der Waals surface area contributed by atoms with Crippen molar-refractivity contribution >= 4 is 11.6 Å². The van der Waals surface area contributed by atoms with E-state index < -0.39 is 0 Å². The van der Waals surface area contributed by atoms with Crippen LogP contribution in [0.15, 0.2) is 60.8 Å². The summed E-state index contributed by atoms with van der Waals surface area (Å²) in [4.78, 5) is 4.50. The van der Waals surface area contributed by atoms with Crippen LogP contribution in [-0.4, -0.2) is 4.98 Å². The molecule has 106 valence electrons. The maximum absolute atomic E-state index is 8.92. The highest BCUT2D eigenvalue weighted by Crippen LogP contribution is 2.32. The first-order valence-corrected chi connectivity index (χ1v) is 7.28. The molecule has 0 saturated carbocycles. The van der Waals surface area contributed by atoms with E-state index in [1.807, 2.05) is 18.2 Å². The van der Waals surface area contributed by atoms with Gasteiger partial charge in [0.25, 0.3) is 0 Å². The Morgan fingerprint density at radius 3 is 2.23 bits per heavy atom. The molecule has 0 spiro atoms. The smallest absolute Gasteiger partial charge is 0.0991 e. The summed E-state index contributed by atoms with van der Waals surface area (Å²) in [6, 6.07) is 19.7. The lowest BCUT2D eigenvalue weighted by molar-refractivity contribution is 1.32. The van der Waals surface area contributed by atoms with Gasteiger partial charge in [0, 0.05) is 17.3 Å². The Labute approximate surface area is 134 Å². The molecule has 0 amide bonds. The number of nitrogens with zero attached hydrogens (tertiary/aromatic N) is 2. The fourth-order valence-electron chi connectivity index (χ4n) is 2.33. The van der Waals surface area contributed by atoms with Gasteiger partial charge in [0.15, 0.2) is 0 Å². The predicted octanol–water partition coefficient (Wildman–Crippen LogP) is 5.25. The number of aryl methyl sites for hydroxylation is 1. The molecule has 1 heterocycles. The van der Waals surface area contributed by atoms with E-state index >= 15 is 0 Å². The minimum Gasteiger partial charge on any atom is -0.254 e. The predicted molar refractivity (Wildman–Crippen MR) is 89.6 cm³/mol. The van der Waals surface area contributed by atoms with E-state index in [4.69, 9.17) is 16.9 Å². The molecule has 0 bridgehead atoms. The van der Waals surface area contributed by atoms with Crippen molar-refractivity contribution in [3.63, 3.8) is 0 Å². The van der Waals surface area contributed by atoms with Crippen molar-refractivity contribution in [3.8, 4) is 28.5 Å². The third-order valence-electron chi connectivity index (χ3n) is 3.50. The highest BCUT2D eigenvalue weighted by atomic mass is 35.5. The van der Waals surface area contributed by atoms with Crippen LogP contribution in [0.4, 0.5) is 0 Å². The molecule has 2 nitrogen and oxygen atoms in total. The van der Waals surface area contributed by atoms with Gasteiger partial charge >= 0.3 is 0 Å². The van der Waals surface area contributed by atoms with E-state index in [-0.39, 0.29) is 0 Å². The number of hydrogen-bond donors (Lipinski definition) is 0. The van der Waals surface area contributed by atoms with Crippen molar-refractivity contribution in [2.45, 2.75) is 6.92 Å². The van der Waals surface area contributed by atoms with Crippen molar-refractivity contribution in [1.82, 2.24) is 4.98 Å². The van der Waals surface area contributed by atoms with Crippen LogP contribution in [-0.2, 0) is 0 Å². The molecule has 0 aliphatic carbocycles. The Bertz CT molecular complexity index is 844. The minimum atomic E-state index is 0.593. The molecule has 0 saturated heterocycles. The third-order valence-corrected chi connectivity index (χ3v) is 3.71.